The molecule has 0 atom stereocenters. The molecular formula is C11H17NO5. The van der Waals surface area contributed by atoms with Crippen LogP contribution in [0, 0.1) is 0 Å². The Kier molecular flexibility index (Phi) is 5.37. The molecule has 0 fully saturated rings. The molecule has 0 heterocycles. The minimum absolute atomic E-state index is 0.131. The number of amides is 1. The van der Waals surface area contributed by atoms with Crippen LogP contribution in [0.1, 0.15) is 26.7 Å². The third kappa shape index (κ3) is 3.05. The molecule has 0 saturated heterocycles. The number of carbonyl (C=O) groups excluding carboxylic acids is 1. The van der Waals surface area contributed by atoms with Crippen LogP contribution in [-0.2, 0) is 14.4 Å². The second-order valence-electron chi connectivity index (χ2n) is 3.57. The van der Waals surface area contributed by atoms with E-state index in [0.29, 0.717) is 0 Å². The Bertz CT molecular complexity index is 333. The van der Waals surface area contributed by atoms with E-state index in [0.717, 1.165) is 11.0 Å². The molecule has 0 aliphatic heterocycles. The maximum absolute atomic E-state index is 11.6. The number of carboxylic acids is 2. The molecule has 96 valence electrons. The monoisotopic (exact) mass is 243 g/mol. The summed E-state index contributed by atoms with van der Waals surface area (Å²) in [6.07, 6.45) is 1.18. The fourth-order valence-electron chi connectivity index (χ4n) is 1.74. The van der Waals surface area contributed by atoms with E-state index in [-0.39, 0.29) is 12.8 Å². The zero-order chi connectivity index (χ0) is 13.6. The van der Waals surface area contributed by atoms with Crippen molar-refractivity contribution in [1.82, 2.24) is 4.90 Å². The summed E-state index contributed by atoms with van der Waals surface area (Å²) in [5, 5.41) is 18.0. The number of rotatable bonds is 7. The first-order valence-electron chi connectivity index (χ1n) is 5.24. The zero-order valence-electron chi connectivity index (χ0n) is 9.97. The van der Waals surface area contributed by atoms with Gasteiger partial charge in [-0.15, -0.1) is 0 Å². The van der Waals surface area contributed by atoms with Gasteiger partial charge in [0.2, 0.25) is 5.91 Å². The second kappa shape index (κ2) is 6.03. The molecule has 17 heavy (non-hydrogen) atoms. The number of hydrogen-bond acceptors (Lipinski definition) is 3. The summed E-state index contributed by atoms with van der Waals surface area (Å²) >= 11 is 0. The molecule has 2 N–H and O–H groups in total. The molecule has 0 unspecified atom stereocenters. The van der Waals surface area contributed by atoms with E-state index in [1.165, 1.54) is 0 Å². The van der Waals surface area contributed by atoms with Crippen LogP contribution in [0.4, 0.5) is 0 Å². The predicted molar refractivity (Wildman–Crippen MR) is 60.5 cm³/mol. The van der Waals surface area contributed by atoms with E-state index >= 15 is 0 Å². The first-order valence-corrected chi connectivity index (χ1v) is 5.24. The minimum Gasteiger partial charge on any atom is -0.480 e. The molecule has 1 amide bonds. The van der Waals surface area contributed by atoms with Crippen molar-refractivity contribution in [2.24, 2.45) is 0 Å². The summed E-state index contributed by atoms with van der Waals surface area (Å²) in [6, 6.07) is 0. The summed E-state index contributed by atoms with van der Waals surface area (Å²) in [5.74, 6) is -3.16. The van der Waals surface area contributed by atoms with Crippen LogP contribution in [0.25, 0.3) is 0 Å². The van der Waals surface area contributed by atoms with Crippen LogP contribution in [0.5, 0.6) is 0 Å². The van der Waals surface area contributed by atoms with Gasteiger partial charge in [-0.3, -0.25) is 9.59 Å². The lowest BCUT2D eigenvalue weighted by Crippen LogP contribution is -2.57. The molecule has 0 rings (SSSR count). The highest BCUT2D eigenvalue weighted by molar-refractivity contribution is 5.94. The summed E-state index contributed by atoms with van der Waals surface area (Å²) < 4.78 is 0. The van der Waals surface area contributed by atoms with Gasteiger partial charge in [0.05, 0.1) is 0 Å². The summed E-state index contributed by atoms with van der Waals surface area (Å²) in [7, 11) is 0. The Morgan fingerprint density at radius 2 is 1.71 bits per heavy atom. The summed E-state index contributed by atoms with van der Waals surface area (Å²) in [6.45, 7) is 5.80. The predicted octanol–water partition coefficient (Wildman–Crippen LogP) is 0.729. The molecule has 0 aromatic carbocycles. The van der Waals surface area contributed by atoms with E-state index in [9.17, 15) is 19.5 Å². The number of aliphatic carboxylic acids is 2. The molecule has 0 aliphatic rings. The first-order chi connectivity index (χ1) is 7.85. The van der Waals surface area contributed by atoms with Gasteiger partial charge in [-0.05, 0) is 18.9 Å². The van der Waals surface area contributed by atoms with E-state index in [4.69, 9.17) is 5.11 Å². The molecule has 0 aromatic rings. The molecule has 0 spiro atoms. The second-order valence-corrected chi connectivity index (χ2v) is 3.57. The first kappa shape index (κ1) is 15.2. The van der Waals surface area contributed by atoms with Crippen LogP contribution in [0.2, 0.25) is 0 Å². The normalized spacial score (nSPS) is 10.7. The number of carboxylic acid groups (broad SMARTS) is 2. The standard InChI is InChI=1S/C11H17NO5/c1-4-8(13)12(7-9(14)15)11(5-2,6-3)10(16)17/h4H,1,5-7H2,2-3H3,(H,14,15)(H,16,17). The van der Waals surface area contributed by atoms with Gasteiger partial charge in [-0.25, -0.2) is 4.79 Å². The molecule has 0 saturated carbocycles. The maximum atomic E-state index is 11.6. The number of carbonyl (C=O) groups is 3. The lowest BCUT2D eigenvalue weighted by molar-refractivity contribution is -0.161. The Hall–Kier alpha value is -1.85. The lowest BCUT2D eigenvalue weighted by atomic mass is 9.90. The highest BCUT2D eigenvalue weighted by atomic mass is 16.4. The van der Waals surface area contributed by atoms with Crippen LogP contribution in [0.3, 0.4) is 0 Å². The smallest absolute Gasteiger partial charge is 0.329 e. The van der Waals surface area contributed by atoms with Gasteiger partial charge in [0.25, 0.3) is 0 Å². The molecule has 6 nitrogen and oxygen atoms in total. The highest BCUT2D eigenvalue weighted by Gasteiger charge is 2.43. The Balaban J connectivity index is 5.50. The summed E-state index contributed by atoms with van der Waals surface area (Å²) in [5.41, 5.74) is -1.50. The zero-order valence-corrected chi connectivity index (χ0v) is 9.97. The van der Waals surface area contributed by atoms with Crippen molar-refractivity contribution in [2.75, 3.05) is 6.54 Å². The van der Waals surface area contributed by atoms with E-state index in [1.54, 1.807) is 13.8 Å². The molecule has 0 radical (unpaired) electrons. The molecular weight excluding hydrogens is 226 g/mol. The van der Waals surface area contributed by atoms with Crippen LogP contribution in [0.15, 0.2) is 12.7 Å². The topological polar surface area (TPSA) is 94.9 Å². The van der Waals surface area contributed by atoms with Crippen molar-refractivity contribution < 1.29 is 24.6 Å². The highest BCUT2D eigenvalue weighted by Crippen LogP contribution is 2.25. The average Bonchev–Trinajstić information content (AvgIpc) is 2.28. The minimum atomic E-state index is -1.50. The Morgan fingerprint density at radius 3 is 1.94 bits per heavy atom. The quantitative estimate of drug-likeness (QED) is 0.643. The summed E-state index contributed by atoms with van der Waals surface area (Å²) in [4.78, 5) is 34.5. The van der Waals surface area contributed by atoms with Crippen molar-refractivity contribution in [2.45, 2.75) is 32.2 Å². The maximum Gasteiger partial charge on any atom is 0.329 e. The third-order valence-corrected chi connectivity index (χ3v) is 2.82. The van der Waals surface area contributed by atoms with Gasteiger partial charge < -0.3 is 15.1 Å². The molecule has 0 aliphatic carbocycles. The lowest BCUT2D eigenvalue weighted by Gasteiger charge is -2.38. The largest absolute Gasteiger partial charge is 0.480 e. The average molecular weight is 243 g/mol. The number of nitrogens with zero attached hydrogens (tertiary/aromatic N) is 1. The van der Waals surface area contributed by atoms with Crippen LogP contribution in [-0.4, -0.2) is 45.0 Å². The van der Waals surface area contributed by atoms with Gasteiger partial charge in [-0.1, -0.05) is 20.4 Å². The SMILES string of the molecule is C=CC(=O)N(CC(=O)O)C(CC)(CC)C(=O)O. The van der Waals surface area contributed by atoms with Gasteiger partial charge in [0.15, 0.2) is 0 Å². The van der Waals surface area contributed by atoms with Crippen molar-refractivity contribution in [3.8, 4) is 0 Å². The van der Waals surface area contributed by atoms with Crippen LogP contribution >= 0.6 is 0 Å². The number of hydrogen-bond donors (Lipinski definition) is 2. The molecule has 0 aromatic heterocycles. The van der Waals surface area contributed by atoms with Crippen molar-refractivity contribution in [3.05, 3.63) is 12.7 Å². The van der Waals surface area contributed by atoms with Gasteiger partial charge in [0, 0.05) is 0 Å². The Labute approximate surface area is 99.5 Å². The van der Waals surface area contributed by atoms with Crippen molar-refractivity contribution in [3.63, 3.8) is 0 Å². The van der Waals surface area contributed by atoms with Crippen LogP contribution < -0.4 is 0 Å². The van der Waals surface area contributed by atoms with Crippen molar-refractivity contribution in [1.29, 1.82) is 0 Å². The van der Waals surface area contributed by atoms with Crippen molar-refractivity contribution >= 4 is 17.8 Å². The van der Waals surface area contributed by atoms with E-state index in [2.05, 4.69) is 6.58 Å². The third-order valence-electron chi connectivity index (χ3n) is 2.82. The van der Waals surface area contributed by atoms with Gasteiger partial charge in [0.1, 0.15) is 12.1 Å². The van der Waals surface area contributed by atoms with E-state index in [1.807, 2.05) is 0 Å². The van der Waals surface area contributed by atoms with E-state index < -0.39 is 29.9 Å². The van der Waals surface area contributed by atoms with Gasteiger partial charge >= 0.3 is 11.9 Å². The molecule has 6 heteroatoms. The fraction of sp³-hybridized carbons (Fsp3) is 0.545. The van der Waals surface area contributed by atoms with Gasteiger partial charge in [-0.2, -0.15) is 0 Å². The molecule has 0 bridgehead atoms. The Morgan fingerprint density at radius 1 is 1.24 bits per heavy atom. The fourth-order valence-corrected chi connectivity index (χ4v) is 1.74.